The highest BCUT2D eigenvalue weighted by molar-refractivity contribution is 7.45. The van der Waals surface area contributed by atoms with Gasteiger partial charge in [0.05, 0.1) is 27.7 Å². The number of carbonyl (C=O) groups excluding carboxylic acids is 2. The van der Waals surface area contributed by atoms with Crippen LogP contribution in [0.1, 0.15) is 200 Å². The lowest BCUT2D eigenvalue weighted by Crippen LogP contribution is -2.37. The molecule has 0 aliphatic carbocycles. The Hall–Kier alpha value is -1.25. The zero-order chi connectivity index (χ0) is 39.3. The number of rotatable bonds is 40. The van der Waals surface area contributed by atoms with Gasteiger partial charge in [-0.3, -0.25) is 14.2 Å². The molecule has 10 heteroatoms. The maximum atomic E-state index is 12.7. The average Bonchev–Trinajstić information content (AvgIpc) is 3.10. The van der Waals surface area contributed by atoms with E-state index in [2.05, 4.69) is 26.0 Å². The number of likely N-dealkylation sites (N-methyl/N-ethyl adjacent to an activating group) is 1. The summed E-state index contributed by atoms with van der Waals surface area (Å²) in [6, 6.07) is 0. The summed E-state index contributed by atoms with van der Waals surface area (Å²) in [5.74, 6) is -0.835. The highest BCUT2D eigenvalue weighted by Gasteiger charge is 2.21. The number of hydrogen-bond acceptors (Lipinski definition) is 8. The molecule has 1 unspecified atom stereocenters. The van der Waals surface area contributed by atoms with Gasteiger partial charge in [0.25, 0.3) is 7.82 Å². The molecule has 0 aliphatic heterocycles. The number of carbonyl (C=O) groups is 2. The van der Waals surface area contributed by atoms with Gasteiger partial charge in [-0.2, -0.15) is 0 Å². The van der Waals surface area contributed by atoms with E-state index in [4.69, 9.17) is 18.5 Å². The predicted octanol–water partition coefficient (Wildman–Crippen LogP) is 11.6. The lowest BCUT2D eigenvalue weighted by atomic mass is 10.0. The van der Waals surface area contributed by atoms with E-state index in [9.17, 15) is 19.0 Å². The molecule has 0 spiro atoms. The van der Waals surface area contributed by atoms with E-state index in [1.807, 2.05) is 21.1 Å². The Balaban J connectivity index is 4.35. The van der Waals surface area contributed by atoms with Crippen LogP contribution in [0.5, 0.6) is 0 Å². The molecule has 2 atom stereocenters. The zero-order valence-electron chi connectivity index (χ0n) is 35.2. The molecule has 0 aliphatic rings. The topological polar surface area (TPSA) is 111 Å². The summed E-state index contributed by atoms with van der Waals surface area (Å²) in [5.41, 5.74) is 0. The molecule has 0 saturated heterocycles. The third-order valence-electron chi connectivity index (χ3n) is 9.54. The smallest absolute Gasteiger partial charge is 0.306 e. The first-order valence-corrected chi connectivity index (χ1v) is 23.4. The summed E-state index contributed by atoms with van der Waals surface area (Å²) in [6.07, 6.45) is 36.6. The van der Waals surface area contributed by atoms with Crippen molar-refractivity contribution in [2.45, 2.75) is 206 Å². The van der Waals surface area contributed by atoms with Crippen molar-refractivity contribution in [1.29, 1.82) is 0 Å². The third kappa shape index (κ3) is 40.2. The summed E-state index contributed by atoms with van der Waals surface area (Å²) in [5, 5.41) is 0. The van der Waals surface area contributed by atoms with Crippen LogP contribution in [0.3, 0.4) is 0 Å². The van der Waals surface area contributed by atoms with E-state index in [1.54, 1.807) is 0 Å². The number of phosphoric acid groups is 1. The predicted molar refractivity (Wildman–Crippen MR) is 218 cm³/mol. The molecular weight excluding hydrogens is 689 g/mol. The van der Waals surface area contributed by atoms with E-state index in [0.29, 0.717) is 17.4 Å². The monoisotopic (exact) mass is 774 g/mol. The number of unbranched alkanes of at least 4 members (excludes halogenated alkanes) is 24. The molecule has 0 saturated carbocycles. The fourth-order valence-electron chi connectivity index (χ4n) is 6.06. The molecular formula is C43H84NO8P. The van der Waals surface area contributed by atoms with Crippen molar-refractivity contribution in [2.24, 2.45) is 0 Å². The second-order valence-corrected chi connectivity index (χ2v) is 17.5. The number of ether oxygens (including phenoxy) is 2. The Bertz CT molecular complexity index is 922. The fraction of sp³-hybridized carbons (Fsp3) is 0.907. The van der Waals surface area contributed by atoms with Gasteiger partial charge < -0.3 is 27.9 Å². The normalized spacial score (nSPS) is 13.7. The molecule has 0 amide bonds. The van der Waals surface area contributed by atoms with Crippen molar-refractivity contribution in [2.75, 3.05) is 47.5 Å². The van der Waals surface area contributed by atoms with E-state index in [1.165, 1.54) is 116 Å². The number of phosphoric ester groups is 1. The molecule has 0 radical (unpaired) electrons. The summed E-state index contributed by atoms with van der Waals surface area (Å²) in [6.45, 7) is 4.23. The molecule has 0 fully saturated rings. The lowest BCUT2D eigenvalue weighted by molar-refractivity contribution is -0.870. The van der Waals surface area contributed by atoms with Crippen LogP contribution < -0.4 is 4.89 Å². The Morgan fingerprint density at radius 2 is 0.962 bits per heavy atom. The number of allylic oxidation sites excluding steroid dienone is 2. The number of hydrogen-bond donors (Lipinski definition) is 0. The van der Waals surface area contributed by atoms with Crippen LogP contribution in [-0.2, 0) is 32.7 Å². The van der Waals surface area contributed by atoms with Gasteiger partial charge in [0.15, 0.2) is 6.10 Å². The maximum absolute atomic E-state index is 12.7. The summed E-state index contributed by atoms with van der Waals surface area (Å²) in [7, 11) is 1.17. The summed E-state index contributed by atoms with van der Waals surface area (Å²) >= 11 is 0. The minimum Gasteiger partial charge on any atom is -0.756 e. The molecule has 9 nitrogen and oxygen atoms in total. The van der Waals surface area contributed by atoms with Gasteiger partial charge in [0.1, 0.15) is 19.8 Å². The number of quaternary nitrogens is 1. The van der Waals surface area contributed by atoms with E-state index in [-0.39, 0.29) is 32.0 Å². The average molecular weight is 774 g/mol. The van der Waals surface area contributed by atoms with Gasteiger partial charge in [-0.05, 0) is 38.5 Å². The molecule has 0 aromatic heterocycles. The van der Waals surface area contributed by atoms with Crippen LogP contribution in [0.4, 0.5) is 0 Å². The minimum atomic E-state index is -4.62. The van der Waals surface area contributed by atoms with Crippen molar-refractivity contribution in [3.63, 3.8) is 0 Å². The van der Waals surface area contributed by atoms with E-state index in [0.717, 1.165) is 51.4 Å². The third-order valence-corrected chi connectivity index (χ3v) is 10.5. The van der Waals surface area contributed by atoms with Crippen LogP contribution in [0.25, 0.3) is 0 Å². The molecule has 0 bridgehead atoms. The molecule has 0 rings (SSSR count). The Morgan fingerprint density at radius 3 is 1.40 bits per heavy atom. The van der Waals surface area contributed by atoms with Crippen molar-refractivity contribution < 1.29 is 42.1 Å². The van der Waals surface area contributed by atoms with E-state index < -0.39 is 26.5 Å². The fourth-order valence-corrected chi connectivity index (χ4v) is 6.79. The zero-order valence-corrected chi connectivity index (χ0v) is 36.1. The largest absolute Gasteiger partial charge is 0.756 e. The Morgan fingerprint density at radius 1 is 0.566 bits per heavy atom. The van der Waals surface area contributed by atoms with Crippen molar-refractivity contribution >= 4 is 19.8 Å². The van der Waals surface area contributed by atoms with Crippen LogP contribution in [-0.4, -0.2) is 70.0 Å². The molecule has 314 valence electrons. The first-order chi connectivity index (χ1) is 25.5. The maximum Gasteiger partial charge on any atom is 0.306 e. The SMILES string of the molecule is CCCCCCC/C=C/CCCCCCCC(=O)OC[C@H](COP(=O)([O-])OCC[N+](C)(C)C)OC(=O)CCCCCCCCCCCCCCCCC. The second-order valence-electron chi connectivity index (χ2n) is 16.1. The van der Waals surface area contributed by atoms with E-state index >= 15 is 0 Å². The Kier molecular flexibility index (Phi) is 35.5. The molecule has 0 N–H and O–H groups in total. The van der Waals surface area contributed by atoms with Gasteiger partial charge in [0.2, 0.25) is 0 Å². The Labute approximate surface area is 326 Å². The van der Waals surface area contributed by atoms with Crippen LogP contribution in [0.15, 0.2) is 12.2 Å². The lowest BCUT2D eigenvalue weighted by Gasteiger charge is -2.28. The molecule has 0 heterocycles. The first kappa shape index (κ1) is 51.8. The highest BCUT2D eigenvalue weighted by atomic mass is 31.2. The van der Waals surface area contributed by atoms with Gasteiger partial charge in [0, 0.05) is 12.8 Å². The molecule has 0 aromatic carbocycles. The van der Waals surface area contributed by atoms with Crippen molar-refractivity contribution in [3.05, 3.63) is 12.2 Å². The van der Waals surface area contributed by atoms with Crippen molar-refractivity contribution in [1.82, 2.24) is 0 Å². The van der Waals surface area contributed by atoms with Crippen LogP contribution in [0, 0.1) is 0 Å². The van der Waals surface area contributed by atoms with Gasteiger partial charge in [-0.25, -0.2) is 0 Å². The van der Waals surface area contributed by atoms with Crippen LogP contribution in [0.2, 0.25) is 0 Å². The standard InChI is InChI=1S/C43H84NO8P/c1-6-8-10-12-14-16-18-20-22-24-26-28-30-32-34-36-43(46)52-41(40-51-53(47,48)50-38-37-44(3,4)5)39-49-42(45)35-33-31-29-27-25-23-21-19-17-15-13-11-9-7-2/h19,21,41H,6-18,20,22-40H2,1-5H3/b21-19+/t41-/m1/s1. The number of nitrogens with zero attached hydrogens (tertiary/aromatic N) is 1. The van der Waals surface area contributed by atoms with Crippen LogP contribution >= 0.6 is 7.82 Å². The molecule has 0 aromatic rings. The van der Waals surface area contributed by atoms with Crippen molar-refractivity contribution in [3.8, 4) is 0 Å². The molecule has 53 heavy (non-hydrogen) atoms. The first-order valence-electron chi connectivity index (χ1n) is 21.9. The van der Waals surface area contributed by atoms with Gasteiger partial charge in [-0.1, -0.05) is 161 Å². The minimum absolute atomic E-state index is 0.0290. The van der Waals surface area contributed by atoms with Gasteiger partial charge in [-0.15, -0.1) is 0 Å². The second kappa shape index (κ2) is 36.4. The van der Waals surface area contributed by atoms with Gasteiger partial charge >= 0.3 is 11.9 Å². The highest BCUT2D eigenvalue weighted by Crippen LogP contribution is 2.38. The summed E-state index contributed by atoms with van der Waals surface area (Å²) in [4.78, 5) is 37.5. The number of esters is 2. The summed E-state index contributed by atoms with van der Waals surface area (Å²) < 4.78 is 33.9. The quantitative estimate of drug-likeness (QED) is 0.0199.